The van der Waals surface area contributed by atoms with Crippen molar-refractivity contribution in [1.29, 1.82) is 0 Å². The van der Waals surface area contributed by atoms with E-state index in [1.165, 1.54) is 30.7 Å². The van der Waals surface area contributed by atoms with Gasteiger partial charge in [-0.05, 0) is 101 Å². The Kier molecular flexibility index (Phi) is 8.94. The molecule has 0 saturated heterocycles. The summed E-state index contributed by atoms with van der Waals surface area (Å²) in [5, 5.41) is 19.9. The molecular formula is C36H36BrClN2O5. The van der Waals surface area contributed by atoms with Gasteiger partial charge in [0.15, 0.2) is 0 Å². The van der Waals surface area contributed by atoms with Crippen LogP contribution in [0.25, 0.3) is 22.3 Å². The minimum atomic E-state index is -1.25. The minimum absolute atomic E-state index is 0.181. The molecule has 3 atom stereocenters. The quantitative estimate of drug-likeness (QED) is 0.159. The number of nitrogens with two attached hydrogens (primary N) is 1. The lowest BCUT2D eigenvalue weighted by atomic mass is 9.85. The van der Waals surface area contributed by atoms with Crippen molar-refractivity contribution in [2.24, 2.45) is 11.1 Å². The molecular weight excluding hydrogens is 656 g/mol. The number of aliphatic carboxylic acids is 1. The maximum Gasteiger partial charge on any atom is 0.311 e. The van der Waals surface area contributed by atoms with Gasteiger partial charge in [0.1, 0.15) is 6.10 Å². The van der Waals surface area contributed by atoms with Crippen LogP contribution in [0.15, 0.2) is 65.1 Å². The van der Waals surface area contributed by atoms with Crippen LogP contribution >= 0.6 is 27.5 Å². The summed E-state index contributed by atoms with van der Waals surface area (Å²) in [6.07, 6.45) is 3.80. The van der Waals surface area contributed by atoms with Gasteiger partial charge < -0.3 is 25.4 Å². The number of ether oxygens (including phenoxy) is 2. The molecule has 4 aromatic rings. The Balaban J connectivity index is 1.26. The second-order valence-corrected chi connectivity index (χ2v) is 13.5. The van der Waals surface area contributed by atoms with Gasteiger partial charge in [0.05, 0.1) is 28.6 Å². The highest BCUT2D eigenvalue weighted by Gasteiger charge is 2.33. The van der Waals surface area contributed by atoms with Gasteiger partial charge in [-0.15, -0.1) is 0 Å². The number of hydrogen-bond donors (Lipinski definition) is 3. The SMILES string of the molecule is COc1nc(O[C@H]2CCc3c(-c4cccc(-c5ccc6c(c5)C[C@@H](N)C6)c4Cl)cccc32)c(Br)cc1CC[C@@](C)(CO)C(=O)O. The highest BCUT2D eigenvalue weighted by Crippen LogP contribution is 2.45. The summed E-state index contributed by atoms with van der Waals surface area (Å²) in [6, 6.07) is 21.1. The number of nitrogens with zero attached hydrogens (tertiary/aromatic N) is 1. The fourth-order valence-electron chi connectivity index (χ4n) is 6.50. The molecule has 0 amide bonds. The van der Waals surface area contributed by atoms with Gasteiger partial charge in [0.2, 0.25) is 11.8 Å². The summed E-state index contributed by atoms with van der Waals surface area (Å²) in [4.78, 5) is 16.3. The van der Waals surface area contributed by atoms with Gasteiger partial charge in [-0.2, -0.15) is 4.98 Å². The number of pyridine rings is 1. The van der Waals surface area contributed by atoms with E-state index in [0.29, 0.717) is 22.7 Å². The number of benzene rings is 3. The Morgan fingerprint density at radius 1 is 1.07 bits per heavy atom. The molecule has 2 aliphatic rings. The van der Waals surface area contributed by atoms with E-state index in [4.69, 9.17) is 26.8 Å². The van der Waals surface area contributed by atoms with Gasteiger partial charge >= 0.3 is 5.97 Å². The number of aromatic nitrogens is 1. The number of carboxylic acid groups (broad SMARTS) is 1. The fraction of sp³-hybridized carbons (Fsp3) is 0.333. The van der Waals surface area contributed by atoms with E-state index in [9.17, 15) is 15.0 Å². The van der Waals surface area contributed by atoms with Crippen molar-refractivity contribution >= 4 is 33.5 Å². The normalized spacial score (nSPS) is 18.3. The third kappa shape index (κ3) is 6.09. The number of rotatable bonds is 10. The Morgan fingerprint density at radius 3 is 2.56 bits per heavy atom. The number of halogens is 2. The van der Waals surface area contributed by atoms with Crippen LogP contribution in [-0.4, -0.2) is 40.9 Å². The van der Waals surface area contributed by atoms with Crippen LogP contribution in [0.4, 0.5) is 0 Å². The molecule has 6 rings (SSSR count). The molecule has 0 unspecified atom stereocenters. The molecule has 0 aliphatic heterocycles. The summed E-state index contributed by atoms with van der Waals surface area (Å²) in [5.74, 6) is -0.280. The van der Waals surface area contributed by atoms with E-state index in [1.807, 2.05) is 12.1 Å². The lowest BCUT2D eigenvalue weighted by Crippen LogP contribution is -2.32. The standard InChI is InChI=1S/C36H36BrClN2O5/c1-36(19-41,35(42)43)14-13-22-18-30(37)34(40-33(22)44-2)45-31-12-11-27-26(6-4-7-28(27)31)29-8-3-5-25(32(29)38)21-10-9-20-16-24(39)17-23(20)15-21/h3-10,15,18,24,31,41H,11-14,16-17,19,39H2,1-2H3,(H,42,43)/t24-,31-,36-/m0/s1. The molecule has 45 heavy (non-hydrogen) atoms. The lowest BCUT2D eigenvalue weighted by Gasteiger charge is -2.22. The maximum atomic E-state index is 11.7. The van der Waals surface area contributed by atoms with Crippen molar-refractivity contribution in [2.75, 3.05) is 13.7 Å². The van der Waals surface area contributed by atoms with E-state index in [-0.39, 0.29) is 18.6 Å². The predicted octanol–water partition coefficient (Wildman–Crippen LogP) is 7.35. The Labute approximate surface area is 276 Å². The zero-order valence-electron chi connectivity index (χ0n) is 25.3. The monoisotopic (exact) mass is 690 g/mol. The lowest BCUT2D eigenvalue weighted by molar-refractivity contribution is -0.150. The minimum Gasteiger partial charge on any atom is -0.481 e. The highest BCUT2D eigenvalue weighted by atomic mass is 79.9. The third-order valence-corrected chi connectivity index (χ3v) is 10.2. The van der Waals surface area contributed by atoms with E-state index < -0.39 is 18.0 Å². The summed E-state index contributed by atoms with van der Waals surface area (Å²) < 4.78 is 12.7. The van der Waals surface area contributed by atoms with E-state index in [2.05, 4.69) is 69.4 Å². The van der Waals surface area contributed by atoms with Crippen LogP contribution in [-0.2, 0) is 30.5 Å². The zero-order chi connectivity index (χ0) is 31.9. The van der Waals surface area contributed by atoms with Crippen molar-refractivity contribution in [1.82, 2.24) is 4.98 Å². The van der Waals surface area contributed by atoms with E-state index in [0.717, 1.165) is 64.1 Å². The second kappa shape index (κ2) is 12.8. The highest BCUT2D eigenvalue weighted by molar-refractivity contribution is 9.10. The number of fused-ring (bicyclic) bond motifs is 2. The topological polar surface area (TPSA) is 115 Å². The van der Waals surface area contributed by atoms with Crippen molar-refractivity contribution < 1.29 is 24.5 Å². The average molecular weight is 692 g/mol. The van der Waals surface area contributed by atoms with E-state index >= 15 is 0 Å². The first-order valence-electron chi connectivity index (χ1n) is 15.1. The van der Waals surface area contributed by atoms with Crippen LogP contribution in [0.3, 0.4) is 0 Å². The Bertz CT molecular complexity index is 1780. The fourth-order valence-corrected chi connectivity index (χ4v) is 7.30. The first kappa shape index (κ1) is 31.5. The zero-order valence-corrected chi connectivity index (χ0v) is 27.6. The maximum absolute atomic E-state index is 11.7. The predicted molar refractivity (Wildman–Crippen MR) is 179 cm³/mol. The third-order valence-electron chi connectivity index (χ3n) is 9.23. The molecule has 0 spiro atoms. The largest absolute Gasteiger partial charge is 0.481 e. The Hall–Kier alpha value is -3.43. The number of aryl methyl sites for hydroxylation is 1. The van der Waals surface area contributed by atoms with Crippen LogP contribution in [0.1, 0.15) is 53.7 Å². The summed E-state index contributed by atoms with van der Waals surface area (Å²) >= 11 is 10.7. The molecule has 0 bridgehead atoms. The van der Waals surface area contributed by atoms with Crippen molar-refractivity contribution in [3.8, 4) is 34.0 Å². The number of carboxylic acids is 1. The van der Waals surface area contributed by atoms with Gasteiger partial charge in [0.25, 0.3) is 0 Å². The molecule has 1 heterocycles. The van der Waals surface area contributed by atoms with Gasteiger partial charge in [0, 0.05) is 22.7 Å². The van der Waals surface area contributed by atoms with Crippen LogP contribution in [0, 0.1) is 5.41 Å². The van der Waals surface area contributed by atoms with Crippen LogP contribution < -0.4 is 15.2 Å². The van der Waals surface area contributed by atoms with Crippen molar-refractivity contribution in [2.45, 2.75) is 57.6 Å². The van der Waals surface area contributed by atoms with Crippen LogP contribution in [0.2, 0.25) is 5.02 Å². The van der Waals surface area contributed by atoms with Gasteiger partial charge in [-0.1, -0.05) is 66.2 Å². The number of carbonyl (C=O) groups is 1. The molecule has 9 heteroatoms. The summed E-state index contributed by atoms with van der Waals surface area (Å²) in [5.41, 5.74) is 14.8. The molecule has 2 aliphatic carbocycles. The number of methoxy groups -OCH3 is 1. The first-order chi connectivity index (χ1) is 21.6. The van der Waals surface area contributed by atoms with Crippen molar-refractivity contribution in [3.63, 3.8) is 0 Å². The molecule has 0 fully saturated rings. The molecule has 0 saturated carbocycles. The molecule has 234 valence electrons. The smallest absolute Gasteiger partial charge is 0.311 e. The summed E-state index contributed by atoms with van der Waals surface area (Å²) in [7, 11) is 1.53. The summed E-state index contributed by atoms with van der Waals surface area (Å²) in [6.45, 7) is 1.07. The number of aliphatic hydroxyl groups is 1. The van der Waals surface area contributed by atoms with Gasteiger partial charge in [-0.3, -0.25) is 4.79 Å². The molecule has 0 radical (unpaired) electrons. The molecule has 7 nitrogen and oxygen atoms in total. The average Bonchev–Trinajstić information content (AvgIpc) is 3.62. The van der Waals surface area contributed by atoms with Crippen LogP contribution in [0.5, 0.6) is 11.8 Å². The molecule has 1 aromatic heterocycles. The number of aliphatic hydroxyl groups excluding tert-OH is 1. The molecule has 3 aromatic carbocycles. The van der Waals surface area contributed by atoms with E-state index in [1.54, 1.807) is 0 Å². The Morgan fingerprint density at radius 2 is 1.80 bits per heavy atom. The second-order valence-electron chi connectivity index (χ2n) is 12.3. The van der Waals surface area contributed by atoms with Gasteiger partial charge in [-0.25, -0.2) is 0 Å². The number of hydrogen-bond acceptors (Lipinski definition) is 6. The first-order valence-corrected chi connectivity index (χ1v) is 16.3. The van der Waals surface area contributed by atoms with Crippen molar-refractivity contribution in [3.05, 3.63) is 98.0 Å². The molecule has 4 N–H and O–H groups in total.